The molecule has 0 bridgehead atoms. The smallest absolute Gasteiger partial charge is 0.338 e. The summed E-state index contributed by atoms with van der Waals surface area (Å²) in [6.07, 6.45) is 2.42. The number of esters is 1. The van der Waals surface area contributed by atoms with Crippen molar-refractivity contribution in [2.24, 2.45) is 0 Å². The first kappa shape index (κ1) is 23.5. The van der Waals surface area contributed by atoms with E-state index in [-0.39, 0.29) is 17.8 Å². The van der Waals surface area contributed by atoms with Crippen molar-refractivity contribution in [2.75, 3.05) is 18.5 Å². The average Bonchev–Trinajstić information content (AvgIpc) is 3.32. The average molecular weight is 440 g/mol. The molecule has 3 rings (SSSR count). The first-order valence-electron chi connectivity index (χ1n) is 11.0. The lowest BCUT2D eigenvalue weighted by atomic mass is 10.1. The zero-order valence-electron chi connectivity index (χ0n) is 18.5. The summed E-state index contributed by atoms with van der Waals surface area (Å²) in [4.78, 5) is 36.7. The second-order valence-electron chi connectivity index (χ2n) is 7.76. The van der Waals surface area contributed by atoms with Crippen LogP contribution in [-0.2, 0) is 14.3 Å². The van der Waals surface area contributed by atoms with Crippen LogP contribution in [0.1, 0.15) is 60.2 Å². The van der Waals surface area contributed by atoms with Crippen LogP contribution in [0.5, 0.6) is 5.75 Å². The molecule has 2 atom stereocenters. The highest BCUT2D eigenvalue weighted by Gasteiger charge is 2.21. The standard InChI is InChI=1S/C25H29NO6/c1-3-5-23(27)26-20-11-7-18(8-12-20)24(28)17(2)32-25(29)19-9-13-21(14-10-19)31-16-22-6-4-15-30-22/h7-14,17,22H,3-6,15-16H2,1-2H3,(H,26,27). The Labute approximate surface area is 188 Å². The van der Waals surface area contributed by atoms with Crippen molar-refractivity contribution in [1.82, 2.24) is 0 Å². The Kier molecular flexibility index (Phi) is 8.39. The molecule has 0 saturated carbocycles. The van der Waals surface area contributed by atoms with Crippen LogP contribution in [0.2, 0.25) is 0 Å². The first-order valence-corrected chi connectivity index (χ1v) is 11.0. The van der Waals surface area contributed by atoms with E-state index in [1.165, 1.54) is 6.92 Å². The molecular weight excluding hydrogens is 410 g/mol. The van der Waals surface area contributed by atoms with Crippen molar-refractivity contribution in [2.45, 2.75) is 51.7 Å². The molecule has 2 unspecified atom stereocenters. The number of carbonyl (C=O) groups is 3. The van der Waals surface area contributed by atoms with Crippen LogP contribution in [-0.4, -0.2) is 43.1 Å². The molecule has 1 N–H and O–H groups in total. The maximum atomic E-state index is 12.6. The fraction of sp³-hybridized carbons (Fsp3) is 0.400. The van der Waals surface area contributed by atoms with Crippen LogP contribution in [0, 0.1) is 0 Å². The van der Waals surface area contributed by atoms with Gasteiger partial charge in [0.25, 0.3) is 0 Å². The maximum Gasteiger partial charge on any atom is 0.338 e. The monoisotopic (exact) mass is 439 g/mol. The van der Waals surface area contributed by atoms with Crippen molar-refractivity contribution >= 4 is 23.3 Å². The van der Waals surface area contributed by atoms with Gasteiger partial charge in [-0.05, 0) is 74.7 Å². The number of anilines is 1. The number of amides is 1. The van der Waals surface area contributed by atoms with Gasteiger partial charge in [-0.1, -0.05) is 6.92 Å². The van der Waals surface area contributed by atoms with E-state index < -0.39 is 12.1 Å². The molecule has 7 heteroatoms. The molecule has 1 heterocycles. The Morgan fingerprint density at radius 2 is 1.75 bits per heavy atom. The molecule has 2 aromatic carbocycles. The van der Waals surface area contributed by atoms with E-state index in [1.807, 2.05) is 6.92 Å². The van der Waals surface area contributed by atoms with Gasteiger partial charge in [0.05, 0.1) is 11.7 Å². The number of carbonyl (C=O) groups excluding carboxylic acids is 3. The van der Waals surface area contributed by atoms with Gasteiger partial charge in [0, 0.05) is 24.3 Å². The predicted molar refractivity (Wildman–Crippen MR) is 120 cm³/mol. The molecule has 32 heavy (non-hydrogen) atoms. The molecule has 0 aromatic heterocycles. The summed E-state index contributed by atoms with van der Waals surface area (Å²) < 4.78 is 16.6. The Morgan fingerprint density at radius 3 is 2.38 bits per heavy atom. The van der Waals surface area contributed by atoms with Crippen molar-refractivity contribution < 1.29 is 28.6 Å². The van der Waals surface area contributed by atoms with Crippen LogP contribution >= 0.6 is 0 Å². The molecule has 0 spiro atoms. The van der Waals surface area contributed by atoms with E-state index in [4.69, 9.17) is 14.2 Å². The topological polar surface area (TPSA) is 90.9 Å². The van der Waals surface area contributed by atoms with Crippen LogP contribution in [0.4, 0.5) is 5.69 Å². The number of benzene rings is 2. The zero-order valence-corrected chi connectivity index (χ0v) is 18.5. The molecule has 170 valence electrons. The normalized spacial score (nSPS) is 16.2. The third-order valence-corrected chi connectivity index (χ3v) is 5.13. The molecule has 1 aliphatic heterocycles. The third kappa shape index (κ3) is 6.65. The summed E-state index contributed by atoms with van der Waals surface area (Å²) in [7, 11) is 0. The number of rotatable bonds is 10. The molecule has 1 fully saturated rings. The highest BCUT2D eigenvalue weighted by molar-refractivity contribution is 6.02. The summed E-state index contributed by atoms with van der Waals surface area (Å²) in [5.41, 5.74) is 1.35. The SMILES string of the molecule is CCCC(=O)Nc1ccc(C(=O)C(C)OC(=O)c2ccc(OCC3CCCO3)cc2)cc1. The molecule has 0 aliphatic carbocycles. The van der Waals surface area contributed by atoms with Crippen LogP contribution < -0.4 is 10.1 Å². The maximum absolute atomic E-state index is 12.6. The third-order valence-electron chi connectivity index (χ3n) is 5.13. The lowest BCUT2D eigenvalue weighted by molar-refractivity contribution is -0.116. The molecule has 2 aromatic rings. The number of hydrogen-bond acceptors (Lipinski definition) is 6. The van der Waals surface area contributed by atoms with Crippen molar-refractivity contribution in [1.29, 1.82) is 0 Å². The second-order valence-corrected chi connectivity index (χ2v) is 7.76. The number of nitrogens with one attached hydrogen (secondary N) is 1. The van der Waals surface area contributed by atoms with Gasteiger partial charge < -0.3 is 19.5 Å². The Morgan fingerprint density at radius 1 is 1.06 bits per heavy atom. The largest absolute Gasteiger partial charge is 0.491 e. The number of ether oxygens (including phenoxy) is 3. The summed E-state index contributed by atoms with van der Waals surface area (Å²) >= 11 is 0. The van der Waals surface area contributed by atoms with Crippen molar-refractivity contribution in [3.05, 3.63) is 59.7 Å². The van der Waals surface area contributed by atoms with E-state index in [0.717, 1.165) is 25.9 Å². The fourth-order valence-electron chi connectivity index (χ4n) is 3.34. The minimum atomic E-state index is -0.946. The van der Waals surface area contributed by atoms with E-state index in [0.29, 0.717) is 35.6 Å². The van der Waals surface area contributed by atoms with Gasteiger partial charge in [-0.25, -0.2) is 4.79 Å². The Hall–Kier alpha value is -3.19. The molecule has 1 aliphatic rings. The van der Waals surface area contributed by atoms with Gasteiger partial charge >= 0.3 is 5.97 Å². The summed E-state index contributed by atoms with van der Waals surface area (Å²) in [6, 6.07) is 13.1. The molecular formula is C25H29NO6. The molecule has 7 nitrogen and oxygen atoms in total. The van der Waals surface area contributed by atoms with Crippen LogP contribution in [0.15, 0.2) is 48.5 Å². The molecule has 1 saturated heterocycles. The lowest BCUT2D eigenvalue weighted by Gasteiger charge is -2.14. The first-order chi connectivity index (χ1) is 15.5. The number of ketones is 1. The minimum absolute atomic E-state index is 0.0721. The van der Waals surface area contributed by atoms with Gasteiger partial charge in [-0.3, -0.25) is 9.59 Å². The van der Waals surface area contributed by atoms with E-state index in [2.05, 4.69) is 5.32 Å². The van der Waals surface area contributed by atoms with Gasteiger partial charge in [-0.2, -0.15) is 0 Å². The molecule has 1 amide bonds. The molecule has 0 radical (unpaired) electrons. The summed E-state index contributed by atoms with van der Waals surface area (Å²) in [6.45, 7) is 4.72. The quantitative estimate of drug-likeness (QED) is 0.436. The zero-order chi connectivity index (χ0) is 22.9. The van der Waals surface area contributed by atoms with Gasteiger partial charge in [0.1, 0.15) is 12.4 Å². The lowest BCUT2D eigenvalue weighted by Crippen LogP contribution is -2.24. The fourth-order valence-corrected chi connectivity index (χ4v) is 3.34. The minimum Gasteiger partial charge on any atom is -0.491 e. The van der Waals surface area contributed by atoms with Crippen LogP contribution in [0.3, 0.4) is 0 Å². The van der Waals surface area contributed by atoms with Gasteiger partial charge in [-0.15, -0.1) is 0 Å². The predicted octanol–water partition coefficient (Wildman–Crippen LogP) is 4.41. The van der Waals surface area contributed by atoms with E-state index >= 15 is 0 Å². The Balaban J connectivity index is 1.50. The van der Waals surface area contributed by atoms with Crippen LogP contribution in [0.25, 0.3) is 0 Å². The number of hydrogen-bond donors (Lipinski definition) is 1. The van der Waals surface area contributed by atoms with Crippen molar-refractivity contribution in [3.63, 3.8) is 0 Å². The van der Waals surface area contributed by atoms with E-state index in [1.54, 1.807) is 48.5 Å². The van der Waals surface area contributed by atoms with Gasteiger partial charge in [0.15, 0.2) is 6.10 Å². The summed E-state index contributed by atoms with van der Waals surface area (Å²) in [5, 5.41) is 2.77. The van der Waals surface area contributed by atoms with Crippen molar-refractivity contribution in [3.8, 4) is 5.75 Å². The number of Topliss-reactive ketones (excluding diaryl/α,β-unsaturated/α-hetero) is 1. The Bertz CT molecular complexity index is 916. The van der Waals surface area contributed by atoms with E-state index in [9.17, 15) is 14.4 Å². The second kappa shape index (κ2) is 11.4. The highest BCUT2D eigenvalue weighted by atomic mass is 16.5. The highest BCUT2D eigenvalue weighted by Crippen LogP contribution is 2.18. The van der Waals surface area contributed by atoms with Gasteiger partial charge in [0.2, 0.25) is 11.7 Å². The summed E-state index contributed by atoms with van der Waals surface area (Å²) in [5.74, 6) is -0.328.